The van der Waals surface area contributed by atoms with E-state index in [4.69, 9.17) is 15.3 Å². The zero-order chi connectivity index (χ0) is 21.2. The summed E-state index contributed by atoms with van der Waals surface area (Å²) in [5.74, 6) is 3.74. The molecule has 0 bridgehead atoms. The molecule has 1 aromatic carbocycles. The van der Waals surface area contributed by atoms with E-state index in [2.05, 4.69) is 0 Å². The third kappa shape index (κ3) is 4.14. The van der Waals surface area contributed by atoms with E-state index in [1.54, 1.807) is 40.7 Å². The number of nitro groups is 1. The van der Waals surface area contributed by atoms with Crippen molar-refractivity contribution in [3.63, 3.8) is 0 Å². The van der Waals surface area contributed by atoms with Crippen molar-refractivity contribution in [3.8, 4) is 0 Å². The molecule has 2 atom stereocenters. The van der Waals surface area contributed by atoms with Crippen molar-refractivity contribution >= 4 is 17.6 Å². The molecule has 0 radical (unpaired) electrons. The maximum atomic E-state index is 12.9. The van der Waals surface area contributed by atoms with Crippen LogP contribution in [0.1, 0.15) is 46.1 Å². The van der Waals surface area contributed by atoms with Gasteiger partial charge in [-0.3, -0.25) is 15.1 Å². The Hall–Kier alpha value is -2.94. The highest BCUT2D eigenvalue weighted by molar-refractivity contribution is 5.95. The molecule has 0 saturated heterocycles. The van der Waals surface area contributed by atoms with Gasteiger partial charge in [-0.25, -0.2) is 15.4 Å². The average molecular weight is 391 g/mol. The number of rotatable bonds is 5. The van der Waals surface area contributed by atoms with Crippen molar-refractivity contribution < 1.29 is 24.0 Å². The van der Waals surface area contributed by atoms with Gasteiger partial charge in [0.05, 0.1) is 23.0 Å². The van der Waals surface area contributed by atoms with Gasteiger partial charge < -0.3 is 9.47 Å². The summed E-state index contributed by atoms with van der Waals surface area (Å²) in [5, 5.41) is 12.7. The SMILES string of the molecule is CCOC(=O)C1C(c2ccccc2[N+](=O)[O-])C(C(=O)OC(C)(C)C)=C(C)N1N. The molecular formula is C19H25N3O6. The van der Waals surface area contributed by atoms with E-state index in [1.807, 2.05) is 0 Å². The number of carbonyl (C=O) groups excluding carboxylic acids is 2. The number of hydrazine groups is 1. The number of esters is 2. The quantitative estimate of drug-likeness (QED) is 0.351. The molecular weight excluding hydrogens is 366 g/mol. The molecule has 0 saturated carbocycles. The summed E-state index contributed by atoms with van der Waals surface area (Å²) in [6.07, 6.45) is 0. The number of nitrogens with zero attached hydrogens (tertiary/aromatic N) is 2. The Morgan fingerprint density at radius 2 is 1.89 bits per heavy atom. The molecule has 0 fully saturated rings. The summed E-state index contributed by atoms with van der Waals surface area (Å²) in [6.45, 7) is 8.44. The van der Waals surface area contributed by atoms with Gasteiger partial charge in [-0.15, -0.1) is 0 Å². The lowest BCUT2D eigenvalue weighted by Gasteiger charge is -2.26. The molecule has 9 nitrogen and oxygen atoms in total. The van der Waals surface area contributed by atoms with Crippen LogP contribution in [0.15, 0.2) is 35.5 Å². The molecule has 0 spiro atoms. The van der Waals surface area contributed by atoms with Gasteiger partial charge >= 0.3 is 11.9 Å². The smallest absolute Gasteiger partial charge is 0.337 e. The number of hydrogen-bond acceptors (Lipinski definition) is 8. The minimum absolute atomic E-state index is 0.102. The third-order valence-corrected chi connectivity index (χ3v) is 4.32. The molecule has 2 N–H and O–H groups in total. The number of hydrogen-bond donors (Lipinski definition) is 1. The highest BCUT2D eigenvalue weighted by Crippen LogP contribution is 2.44. The Bertz CT molecular complexity index is 827. The lowest BCUT2D eigenvalue weighted by atomic mass is 9.85. The number of para-hydroxylation sites is 1. The Balaban J connectivity index is 2.66. The average Bonchev–Trinajstić information content (AvgIpc) is 2.85. The summed E-state index contributed by atoms with van der Waals surface area (Å²) in [4.78, 5) is 36.6. The van der Waals surface area contributed by atoms with Crippen molar-refractivity contribution in [1.82, 2.24) is 5.01 Å². The summed E-state index contributed by atoms with van der Waals surface area (Å²) >= 11 is 0. The lowest BCUT2D eigenvalue weighted by Crippen LogP contribution is -2.45. The van der Waals surface area contributed by atoms with E-state index in [9.17, 15) is 19.7 Å². The Morgan fingerprint density at radius 3 is 2.43 bits per heavy atom. The van der Waals surface area contributed by atoms with E-state index >= 15 is 0 Å². The molecule has 0 amide bonds. The first-order chi connectivity index (χ1) is 13.0. The number of allylic oxidation sites excluding steroid dienone is 1. The van der Waals surface area contributed by atoms with Crippen LogP contribution in [0.4, 0.5) is 5.69 Å². The van der Waals surface area contributed by atoms with Crippen molar-refractivity contribution in [2.45, 2.75) is 52.2 Å². The monoisotopic (exact) mass is 391 g/mol. The summed E-state index contributed by atoms with van der Waals surface area (Å²) in [6, 6.07) is 4.82. The van der Waals surface area contributed by atoms with Gasteiger partial charge in [-0.2, -0.15) is 0 Å². The number of ether oxygens (including phenoxy) is 2. The van der Waals surface area contributed by atoms with E-state index in [0.717, 1.165) is 5.01 Å². The van der Waals surface area contributed by atoms with Crippen molar-refractivity contribution in [2.75, 3.05) is 6.61 Å². The summed E-state index contributed by atoms with van der Waals surface area (Å²) in [5.41, 5.74) is -0.413. The van der Waals surface area contributed by atoms with Gasteiger partial charge in [0.15, 0.2) is 6.04 Å². The maximum absolute atomic E-state index is 12.9. The second kappa shape index (κ2) is 7.97. The van der Waals surface area contributed by atoms with Crippen LogP contribution < -0.4 is 5.84 Å². The van der Waals surface area contributed by atoms with Crippen LogP contribution in [0.3, 0.4) is 0 Å². The van der Waals surface area contributed by atoms with Gasteiger partial charge in [-0.1, -0.05) is 18.2 Å². The van der Waals surface area contributed by atoms with Crippen LogP contribution in [-0.4, -0.2) is 40.1 Å². The van der Waals surface area contributed by atoms with Gasteiger partial charge in [0.2, 0.25) is 0 Å². The van der Waals surface area contributed by atoms with E-state index < -0.39 is 34.4 Å². The van der Waals surface area contributed by atoms with Crippen LogP contribution in [0, 0.1) is 10.1 Å². The number of nitrogens with two attached hydrogens (primary N) is 1. The molecule has 1 aliphatic heterocycles. The highest BCUT2D eigenvalue weighted by atomic mass is 16.6. The lowest BCUT2D eigenvalue weighted by molar-refractivity contribution is -0.385. The molecule has 0 aromatic heterocycles. The topological polar surface area (TPSA) is 125 Å². The summed E-state index contributed by atoms with van der Waals surface area (Å²) in [7, 11) is 0. The molecule has 9 heteroatoms. The minimum atomic E-state index is -1.12. The van der Waals surface area contributed by atoms with Gasteiger partial charge in [0.1, 0.15) is 5.60 Å². The fourth-order valence-electron chi connectivity index (χ4n) is 3.22. The van der Waals surface area contributed by atoms with Crippen molar-refractivity contribution in [1.29, 1.82) is 0 Å². The van der Waals surface area contributed by atoms with E-state index in [1.165, 1.54) is 18.2 Å². The van der Waals surface area contributed by atoms with Crippen LogP contribution in [-0.2, 0) is 19.1 Å². The number of benzene rings is 1. The third-order valence-electron chi connectivity index (χ3n) is 4.32. The van der Waals surface area contributed by atoms with E-state index in [-0.39, 0.29) is 23.4 Å². The minimum Gasteiger partial charge on any atom is -0.464 e. The zero-order valence-corrected chi connectivity index (χ0v) is 16.6. The van der Waals surface area contributed by atoms with Gasteiger partial charge in [0, 0.05) is 17.3 Å². The van der Waals surface area contributed by atoms with Crippen molar-refractivity contribution in [3.05, 3.63) is 51.2 Å². The van der Waals surface area contributed by atoms with E-state index in [0.29, 0.717) is 5.70 Å². The Morgan fingerprint density at radius 1 is 1.29 bits per heavy atom. The molecule has 1 aliphatic rings. The highest BCUT2D eigenvalue weighted by Gasteiger charge is 2.49. The first-order valence-corrected chi connectivity index (χ1v) is 8.87. The molecule has 2 rings (SSSR count). The molecule has 28 heavy (non-hydrogen) atoms. The predicted molar refractivity (Wildman–Crippen MR) is 101 cm³/mol. The first kappa shape index (κ1) is 21.4. The van der Waals surface area contributed by atoms with Gasteiger partial charge in [-0.05, 0) is 34.6 Å². The fraction of sp³-hybridized carbons (Fsp3) is 0.474. The van der Waals surface area contributed by atoms with Gasteiger partial charge in [0.25, 0.3) is 5.69 Å². The van der Waals surface area contributed by atoms with Crippen LogP contribution in [0.25, 0.3) is 0 Å². The predicted octanol–water partition coefficient (Wildman–Crippen LogP) is 2.42. The standard InChI is InChI=1S/C19H25N3O6/c1-6-27-18(24)16-15(12-9-7-8-10-13(12)22(25)26)14(11(2)21(16)20)17(23)28-19(3,4)5/h7-10,15-16H,6,20H2,1-5H3. The normalized spacial score (nSPS) is 19.6. The molecule has 0 aliphatic carbocycles. The van der Waals surface area contributed by atoms with Crippen LogP contribution >= 0.6 is 0 Å². The maximum Gasteiger partial charge on any atom is 0.337 e. The Kier molecular flexibility index (Phi) is 6.08. The second-order valence-electron chi connectivity index (χ2n) is 7.40. The molecule has 1 aromatic rings. The number of nitro benzene ring substituents is 1. The van der Waals surface area contributed by atoms with Crippen LogP contribution in [0.2, 0.25) is 0 Å². The zero-order valence-electron chi connectivity index (χ0n) is 16.6. The van der Waals surface area contributed by atoms with Crippen LogP contribution in [0.5, 0.6) is 0 Å². The number of carbonyl (C=O) groups is 2. The molecule has 2 unspecified atom stereocenters. The van der Waals surface area contributed by atoms with Crippen molar-refractivity contribution in [2.24, 2.45) is 5.84 Å². The first-order valence-electron chi connectivity index (χ1n) is 8.87. The Labute approximate surface area is 163 Å². The fourth-order valence-corrected chi connectivity index (χ4v) is 3.22. The summed E-state index contributed by atoms with van der Waals surface area (Å²) < 4.78 is 10.6. The molecule has 1 heterocycles. The molecule has 152 valence electrons. The second-order valence-corrected chi connectivity index (χ2v) is 7.40. The largest absolute Gasteiger partial charge is 0.464 e.